The van der Waals surface area contributed by atoms with Gasteiger partial charge < -0.3 is 14.6 Å². The Morgan fingerprint density at radius 1 is 1.17 bits per heavy atom. The fraction of sp³-hybridized carbons (Fsp3) is 0.611. The van der Waals surface area contributed by atoms with Crippen LogP contribution >= 0.6 is 0 Å². The molecule has 1 saturated heterocycles. The Morgan fingerprint density at radius 2 is 1.74 bits per heavy atom. The van der Waals surface area contributed by atoms with Crippen LogP contribution in [-0.4, -0.2) is 24.2 Å². The highest BCUT2D eigenvalue weighted by Gasteiger charge is 2.52. The molecule has 126 valence electrons. The van der Waals surface area contributed by atoms with E-state index in [9.17, 15) is 4.79 Å². The maximum Gasteiger partial charge on any atom is 0.495 e. The van der Waals surface area contributed by atoms with Crippen molar-refractivity contribution in [1.82, 2.24) is 0 Å². The number of anilines is 1. The van der Waals surface area contributed by atoms with E-state index in [4.69, 9.17) is 9.31 Å². The highest BCUT2D eigenvalue weighted by Crippen LogP contribution is 2.36. The highest BCUT2D eigenvalue weighted by atomic mass is 16.7. The van der Waals surface area contributed by atoms with E-state index in [0.717, 1.165) is 16.7 Å². The van der Waals surface area contributed by atoms with Crippen molar-refractivity contribution < 1.29 is 14.1 Å². The van der Waals surface area contributed by atoms with Crippen LogP contribution in [0.2, 0.25) is 0 Å². The van der Waals surface area contributed by atoms with Gasteiger partial charge in [-0.3, -0.25) is 4.79 Å². The van der Waals surface area contributed by atoms with E-state index in [2.05, 4.69) is 5.32 Å². The number of hydrogen-bond donors (Lipinski definition) is 1. The van der Waals surface area contributed by atoms with Crippen LogP contribution < -0.4 is 10.8 Å². The summed E-state index contributed by atoms with van der Waals surface area (Å²) in [5.74, 6) is 0.392. The number of hydrogen-bond acceptors (Lipinski definition) is 3. The second-order valence-corrected chi connectivity index (χ2v) is 7.81. The van der Waals surface area contributed by atoms with Crippen LogP contribution in [0.5, 0.6) is 0 Å². The SMILES string of the molecule is Cc1cc(NC(=O)CC(C)C)ccc1B1OC(C)(C)C(C)(C)O1. The van der Waals surface area contributed by atoms with Crippen LogP contribution in [0, 0.1) is 12.8 Å². The Kier molecular flexibility index (Phi) is 4.93. The lowest BCUT2D eigenvalue weighted by atomic mass is 9.76. The molecular formula is C18H28BNO3. The van der Waals surface area contributed by atoms with Crippen molar-refractivity contribution in [1.29, 1.82) is 0 Å². The number of rotatable bonds is 4. The third-order valence-electron chi connectivity index (χ3n) is 4.65. The van der Waals surface area contributed by atoms with Gasteiger partial charge in [-0.2, -0.15) is 0 Å². The molecule has 0 spiro atoms. The first-order valence-corrected chi connectivity index (χ1v) is 8.28. The highest BCUT2D eigenvalue weighted by molar-refractivity contribution is 6.62. The molecule has 1 aromatic rings. The van der Waals surface area contributed by atoms with Gasteiger partial charge in [0, 0.05) is 12.1 Å². The van der Waals surface area contributed by atoms with Crippen LogP contribution in [0.4, 0.5) is 5.69 Å². The standard InChI is InChI=1S/C18H28BNO3/c1-12(2)10-16(21)20-14-8-9-15(13(3)11-14)19-22-17(4,5)18(6,7)23-19/h8-9,11-12H,10H2,1-7H3,(H,20,21). The normalized spacial score (nSPS) is 19.2. The van der Waals surface area contributed by atoms with Gasteiger partial charge in [-0.15, -0.1) is 0 Å². The molecule has 1 aromatic carbocycles. The van der Waals surface area contributed by atoms with Crippen LogP contribution in [0.3, 0.4) is 0 Å². The summed E-state index contributed by atoms with van der Waals surface area (Å²) in [4.78, 5) is 11.9. The minimum absolute atomic E-state index is 0.0442. The number of amides is 1. The van der Waals surface area contributed by atoms with Crippen LogP contribution in [0.15, 0.2) is 18.2 Å². The second kappa shape index (κ2) is 6.29. The summed E-state index contributed by atoms with van der Waals surface area (Å²) in [5.41, 5.74) is 2.16. The number of benzene rings is 1. The van der Waals surface area contributed by atoms with Gasteiger partial charge in [-0.25, -0.2) is 0 Å². The molecule has 0 bridgehead atoms. The monoisotopic (exact) mass is 317 g/mol. The van der Waals surface area contributed by atoms with Crippen molar-refractivity contribution in [2.24, 2.45) is 5.92 Å². The Hall–Kier alpha value is -1.33. The van der Waals surface area contributed by atoms with Gasteiger partial charge in [0.25, 0.3) is 0 Å². The summed E-state index contributed by atoms with van der Waals surface area (Å²) < 4.78 is 12.2. The average molecular weight is 317 g/mol. The van der Waals surface area contributed by atoms with E-state index in [1.54, 1.807) is 0 Å². The van der Waals surface area contributed by atoms with Gasteiger partial charge in [-0.1, -0.05) is 19.9 Å². The zero-order valence-corrected chi connectivity index (χ0v) is 15.3. The summed E-state index contributed by atoms with van der Waals surface area (Å²) in [6.45, 7) is 14.3. The smallest absolute Gasteiger partial charge is 0.399 e. The maximum atomic E-state index is 11.9. The van der Waals surface area contributed by atoms with Gasteiger partial charge in [0.1, 0.15) is 0 Å². The topological polar surface area (TPSA) is 47.6 Å². The molecule has 1 fully saturated rings. The third kappa shape index (κ3) is 3.96. The minimum Gasteiger partial charge on any atom is -0.399 e. The largest absolute Gasteiger partial charge is 0.495 e. The fourth-order valence-electron chi connectivity index (χ4n) is 2.57. The Balaban J connectivity index is 2.13. The van der Waals surface area contributed by atoms with Crippen LogP contribution in [0.1, 0.15) is 53.5 Å². The Bertz CT molecular complexity index is 580. The average Bonchev–Trinajstić information content (AvgIpc) is 2.56. The first-order chi connectivity index (χ1) is 10.5. The van der Waals surface area contributed by atoms with Crippen LogP contribution in [-0.2, 0) is 14.1 Å². The zero-order chi connectivity index (χ0) is 17.4. The molecule has 1 aliphatic rings. The summed E-state index contributed by atoms with van der Waals surface area (Å²) in [7, 11) is -0.375. The molecule has 0 aromatic heterocycles. The molecule has 0 atom stereocenters. The molecule has 23 heavy (non-hydrogen) atoms. The predicted octanol–water partition coefficient (Wildman–Crippen LogP) is 3.28. The lowest BCUT2D eigenvalue weighted by Crippen LogP contribution is -2.41. The number of carbonyl (C=O) groups is 1. The second-order valence-electron chi connectivity index (χ2n) is 7.81. The molecule has 2 rings (SSSR count). The van der Waals surface area contributed by atoms with Crippen molar-refractivity contribution in [2.75, 3.05) is 5.32 Å². The van der Waals surface area contributed by atoms with Crippen molar-refractivity contribution in [3.8, 4) is 0 Å². The molecule has 5 heteroatoms. The number of aryl methyl sites for hydroxylation is 1. The van der Waals surface area contributed by atoms with Crippen molar-refractivity contribution in [3.63, 3.8) is 0 Å². The first kappa shape index (κ1) is 18.0. The molecule has 1 N–H and O–H groups in total. The van der Waals surface area contributed by atoms with E-state index < -0.39 is 0 Å². The fourth-order valence-corrected chi connectivity index (χ4v) is 2.57. The number of carbonyl (C=O) groups excluding carboxylic acids is 1. The molecule has 0 aliphatic carbocycles. The molecule has 1 heterocycles. The van der Waals surface area contributed by atoms with E-state index in [-0.39, 0.29) is 24.2 Å². The van der Waals surface area contributed by atoms with E-state index >= 15 is 0 Å². The maximum absolute atomic E-state index is 11.9. The first-order valence-electron chi connectivity index (χ1n) is 8.28. The Labute approximate surface area is 140 Å². The molecule has 1 aliphatic heterocycles. The predicted molar refractivity (Wildman–Crippen MR) is 95.0 cm³/mol. The summed E-state index contributed by atoms with van der Waals surface area (Å²) in [6, 6.07) is 5.85. The lowest BCUT2D eigenvalue weighted by molar-refractivity contribution is -0.116. The molecule has 1 amide bonds. The van der Waals surface area contributed by atoms with Crippen molar-refractivity contribution in [2.45, 2.75) is 66.1 Å². The molecule has 0 radical (unpaired) electrons. The van der Waals surface area contributed by atoms with E-state index in [1.165, 1.54) is 0 Å². The number of nitrogens with one attached hydrogen (secondary N) is 1. The van der Waals surface area contributed by atoms with E-state index in [1.807, 2.05) is 66.7 Å². The molecular weight excluding hydrogens is 289 g/mol. The Morgan fingerprint density at radius 3 is 2.22 bits per heavy atom. The van der Waals surface area contributed by atoms with Gasteiger partial charge in [-0.05, 0) is 63.7 Å². The quantitative estimate of drug-likeness (QED) is 0.867. The minimum atomic E-state index is -0.375. The lowest BCUT2D eigenvalue weighted by Gasteiger charge is -2.32. The van der Waals surface area contributed by atoms with Gasteiger partial charge in [0.15, 0.2) is 0 Å². The summed E-state index contributed by atoms with van der Waals surface area (Å²) in [5, 5.41) is 2.94. The van der Waals surface area contributed by atoms with Crippen molar-refractivity contribution >= 4 is 24.2 Å². The third-order valence-corrected chi connectivity index (χ3v) is 4.65. The van der Waals surface area contributed by atoms with Gasteiger partial charge in [0.05, 0.1) is 11.2 Å². The molecule has 4 nitrogen and oxygen atoms in total. The summed E-state index contributed by atoms with van der Waals surface area (Å²) >= 11 is 0. The van der Waals surface area contributed by atoms with Gasteiger partial charge >= 0.3 is 7.12 Å². The zero-order valence-electron chi connectivity index (χ0n) is 15.3. The molecule has 0 unspecified atom stereocenters. The van der Waals surface area contributed by atoms with Gasteiger partial charge in [0.2, 0.25) is 5.91 Å². The van der Waals surface area contributed by atoms with Crippen LogP contribution in [0.25, 0.3) is 0 Å². The van der Waals surface area contributed by atoms with E-state index in [0.29, 0.717) is 12.3 Å². The summed E-state index contributed by atoms with van der Waals surface area (Å²) in [6.07, 6.45) is 0.526. The van der Waals surface area contributed by atoms with Crippen molar-refractivity contribution in [3.05, 3.63) is 23.8 Å². The molecule has 0 saturated carbocycles.